The van der Waals surface area contributed by atoms with Gasteiger partial charge in [-0.1, -0.05) is 24.4 Å². The minimum atomic E-state index is -3.66. The predicted octanol–water partition coefficient (Wildman–Crippen LogP) is 1.54. The molecule has 5 nitrogen and oxygen atoms in total. The quantitative estimate of drug-likeness (QED) is 0.867. The van der Waals surface area contributed by atoms with Gasteiger partial charge >= 0.3 is 0 Å². The van der Waals surface area contributed by atoms with Crippen LogP contribution in [0.2, 0.25) is 0 Å². The van der Waals surface area contributed by atoms with E-state index in [9.17, 15) is 8.42 Å². The van der Waals surface area contributed by atoms with Gasteiger partial charge in [0.1, 0.15) is 4.99 Å². The molecule has 0 radical (unpaired) electrons. The second kappa shape index (κ2) is 5.56. The van der Waals surface area contributed by atoms with Crippen molar-refractivity contribution in [1.82, 2.24) is 4.98 Å². The van der Waals surface area contributed by atoms with Gasteiger partial charge in [0.05, 0.1) is 10.6 Å². The van der Waals surface area contributed by atoms with Crippen LogP contribution in [-0.4, -0.2) is 25.4 Å². The number of hydrogen-bond acceptors (Lipinski definition) is 4. The lowest BCUT2D eigenvalue weighted by molar-refractivity contribution is 0.594. The lowest BCUT2D eigenvalue weighted by Crippen LogP contribution is -2.26. The fourth-order valence-electron chi connectivity index (χ4n) is 1.66. The summed E-state index contributed by atoms with van der Waals surface area (Å²) in [6.45, 7) is 0. The summed E-state index contributed by atoms with van der Waals surface area (Å²) in [6, 6.07) is 9.50. The van der Waals surface area contributed by atoms with Crippen molar-refractivity contribution >= 4 is 32.9 Å². The fourth-order valence-corrected chi connectivity index (χ4v) is 3.03. The molecule has 104 valence electrons. The van der Waals surface area contributed by atoms with Crippen molar-refractivity contribution in [2.75, 3.05) is 11.4 Å². The van der Waals surface area contributed by atoms with Crippen molar-refractivity contribution in [1.29, 1.82) is 0 Å². The van der Waals surface area contributed by atoms with Gasteiger partial charge in [-0.3, -0.25) is 9.29 Å². The summed E-state index contributed by atoms with van der Waals surface area (Å²) in [5.74, 6) is 0. The highest BCUT2D eigenvalue weighted by molar-refractivity contribution is 7.92. The van der Waals surface area contributed by atoms with E-state index in [1.54, 1.807) is 24.3 Å². The zero-order valence-corrected chi connectivity index (χ0v) is 12.4. The number of rotatable bonds is 4. The third-order valence-electron chi connectivity index (χ3n) is 2.80. The van der Waals surface area contributed by atoms with E-state index in [1.807, 2.05) is 0 Å². The number of nitrogens with zero attached hydrogens (tertiary/aromatic N) is 2. The largest absolute Gasteiger partial charge is 0.389 e. The zero-order chi connectivity index (χ0) is 14.8. The van der Waals surface area contributed by atoms with Gasteiger partial charge in [-0.05, 0) is 24.3 Å². The van der Waals surface area contributed by atoms with Crippen LogP contribution >= 0.6 is 12.2 Å². The first-order valence-electron chi connectivity index (χ1n) is 5.72. The summed E-state index contributed by atoms with van der Waals surface area (Å²) < 4.78 is 26.2. The number of nitrogens with two attached hydrogens (primary N) is 1. The van der Waals surface area contributed by atoms with Crippen molar-refractivity contribution in [2.24, 2.45) is 5.73 Å². The molecule has 1 aromatic carbocycles. The SMILES string of the molecule is CN(c1ccncc1)S(=O)(=O)c1cccc(C(N)=S)c1. The van der Waals surface area contributed by atoms with E-state index in [4.69, 9.17) is 18.0 Å². The van der Waals surface area contributed by atoms with Crippen LogP contribution in [0.4, 0.5) is 5.69 Å². The van der Waals surface area contributed by atoms with Gasteiger partial charge in [-0.2, -0.15) is 0 Å². The Bertz CT molecular complexity index is 730. The van der Waals surface area contributed by atoms with Crippen molar-refractivity contribution in [2.45, 2.75) is 4.90 Å². The average Bonchev–Trinajstić information content (AvgIpc) is 2.47. The molecule has 0 saturated heterocycles. The van der Waals surface area contributed by atoms with Gasteiger partial charge in [0.25, 0.3) is 10.0 Å². The van der Waals surface area contributed by atoms with Crippen LogP contribution in [0.15, 0.2) is 53.7 Å². The Labute approximate surface area is 123 Å². The lowest BCUT2D eigenvalue weighted by atomic mass is 10.2. The standard InChI is InChI=1S/C13H13N3O2S2/c1-16(11-5-7-15-8-6-11)20(17,18)12-4-2-3-10(9-12)13(14)19/h2-9H,1H3,(H2,14,19). The van der Waals surface area contributed by atoms with E-state index < -0.39 is 10.0 Å². The Morgan fingerprint density at radius 1 is 1.25 bits per heavy atom. The maximum absolute atomic E-state index is 12.5. The summed E-state index contributed by atoms with van der Waals surface area (Å²) >= 11 is 4.86. The van der Waals surface area contributed by atoms with Gasteiger partial charge in [0.15, 0.2) is 0 Å². The summed E-state index contributed by atoms with van der Waals surface area (Å²) in [5.41, 5.74) is 6.57. The highest BCUT2D eigenvalue weighted by Gasteiger charge is 2.21. The molecule has 0 amide bonds. The number of pyridine rings is 1. The molecule has 2 rings (SSSR count). The van der Waals surface area contributed by atoms with Gasteiger partial charge in [-0.15, -0.1) is 0 Å². The van der Waals surface area contributed by atoms with Gasteiger partial charge in [0.2, 0.25) is 0 Å². The zero-order valence-electron chi connectivity index (χ0n) is 10.7. The second-order valence-electron chi connectivity index (χ2n) is 4.07. The molecule has 2 N–H and O–H groups in total. The molecule has 0 bridgehead atoms. The summed E-state index contributed by atoms with van der Waals surface area (Å²) in [6.07, 6.45) is 3.07. The minimum Gasteiger partial charge on any atom is -0.389 e. The van der Waals surface area contributed by atoms with Gasteiger partial charge in [-0.25, -0.2) is 8.42 Å². The molecular formula is C13H13N3O2S2. The molecule has 1 aromatic heterocycles. The monoisotopic (exact) mass is 307 g/mol. The molecule has 0 aliphatic heterocycles. The summed E-state index contributed by atoms with van der Waals surface area (Å²) in [5, 5.41) is 0. The summed E-state index contributed by atoms with van der Waals surface area (Å²) in [4.78, 5) is 4.17. The van der Waals surface area contributed by atoms with Crippen LogP contribution in [0.25, 0.3) is 0 Å². The van der Waals surface area contributed by atoms with Gasteiger partial charge in [0, 0.05) is 25.0 Å². The molecule has 2 aromatic rings. The molecular weight excluding hydrogens is 294 g/mol. The van der Waals surface area contributed by atoms with Crippen LogP contribution in [0.5, 0.6) is 0 Å². The first-order chi connectivity index (χ1) is 9.43. The molecule has 0 atom stereocenters. The molecule has 0 unspecified atom stereocenters. The molecule has 0 saturated carbocycles. The lowest BCUT2D eigenvalue weighted by Gasteiger charge is -2.19. The smallest absolute Gasteiger partial charge is 0.264 e. The second-order valence-corrected chi connectivity index (χ2v) is 6.48. The van der Waals surface area contributed by atoms with Gasteiger partial charge < -0.3 is 5.73 Å². The molecule has 20 heavy (non-hydrogen) atoms. The van der Waals surface area contributed by atoms with Crippen LogP contribution in [0.3, 0.4) is 0 Å². The maximum atomic E-state index is 12.5. The first-order valence-corrected chi connectivity index (χ1v) is 7.56. The number of hydrogen-bond donors (Lipinski definition) is 1. The number of sulfonamides is 1. The predicted molar refractivity (Wildman–Crippen MR) is 82.2 cm³/mol. The van der Waals surface area contributed by atoms with Crippen molar-refractivity contribution in [3.63, 3.8) is 0 Å². The Kier molecular flexibility index (Phi) is 4.01. The molecule has 0 aliphatic carbocycles. The van der Waals surface area contributed by atoms with E-state index >= 15 is 0 Å². The normalized spacial score (nSPS) is 11.1. The minimum absolute atomic E-state index is 0.141. The number of thiocarbonyl (C=S) groups is 1. The molecule has 7 heteroatoms. The van der Waals surface area contributed by atoms with Crippen molar-refractivity contribution in [3.05, 3.63) is 54.4 Å². The first kappa shape index (κ1) is 14.4. The number of benzene rings is 1. The van der Waals surface area contributed by atoms with E-state index in [0.717, 1.165) is 0 Å². The van der Waals surface area contributed by atoms with Crippen LogP contribution < -0.4 is 10.0 Å². The summed E-state index contributed by atoms with van der Waals surface area (Å²) in [7, 11) is -2.17. The van der Waals surface area contributed by atoms with Crippen LogP contribution in [-0.2, 0) is 10.0 Å². The third kappa shape index (κ3) is 2.78. The Hall–Kier alpha value is -1.99. The fraction of sp³-hybridized carbons (Fsp3) is 0.0769. The van der Waals surface area contributed by atoms with E-state index in [2.05, 4.69) is 4.98 Å². The molecule has 0 spiro atoms. The third-order valence-corrected chi connectivity index (χ3v) is 4.82. The van der Waals surface area contributed by atoms with Crippen LogP contribution in [0.1, 0.15) is 5.56 Å². The van der Waals surface area contributed by atoms with Crippen molar-refractivity contribution in [3.8, 4) is 0 Å². The molecule has 0 aliphatic rings. The Morgan fingerprint density at radius 2 is 1.90 bits per heavy atom. The van der Waals surface area contributed by atoms with E-state index in [-0.39, 0.29) is 9.88 Å². The topological polar surface area (TPSA) is 76.3 Å². The highest BCUT2D eigenvalue weighted by atomic mass is 32.2. The van der Waals surface area contributed by atoms with Crippen molar-refractivity contribution < 1.29 is 8.42 Å². The Morgan fingerprint density at radius 3 is 2.50 bits per heavy atom. The molecule has 1 heterocycles. The number of aromatic nitrogens is 1. The highest BCUT2D eigenvalue weighted by Crippen LogP contribution is 2.21. The average molecular weight is 307 g/mol. The maximum Gasteiger partial charge on any atom is 0.264 e. The van der Waals surface area contributed by atoms with Crippen LogP contribution in [0, 0.1) is 0 Å². The Balaban J connectivity index is 2.45. The van der Waals surface area contributed by atoms with E-state index in [0.29, 0.717) is 11.3 Å². The van der Waals surface area contributed by atoms with E-state index in [1.165, 1.54) is 35.9 Å². The molecule has 0 fully saturated rings. The number of anilines is 1.